The third-order valence-electron chi connectivity index (χ3n) is 5.34. The SMILES string of the molecule is Cc1ccc(C(C(=O)O)N2CCC(N(C)CCN(C)C)CC2)c(C)c1. The molecule has 5 heteroatoms. The van der Waals surface area contributed by atoms with Crippen LogP contribution in [-0.2, 0) is 4.79 Å². The average molecular weight is 348 g/mol. The molecule has 1 aliphatic rings. The Morgan fingerprint density at radius 2 is 1.84 bits per heavy atom. The zero-order valence-electron chi connectivity index (χ0n) is 16.3. The molecule has 0 aliphatic carbocycles. The lowest BCUT2D eigenvalue weighted by atomic mass is 9.95. The molecule has 5 nitrogen and oxygen atoms in total. The Morgan fingerprint density at radius 1 is 1.20 bits per heavy atom. The lowest BCUT2D eigenvalue weighted by Crippen LogP contribution is -2.47. The third-order valence-corrected chi connectivity index (χ3v) is 5.34. The molecule has 0 radical (unpaired) electrons. The van der Waals surface area contributed by atoms with Gasteiger partial charge in [-0.3, -0.25) is 9.69 Å². The first-order valence-corrected chi connectivity index (χ1v) is 9.18. The number of aryl methyl sites for hydroxylation is 2. The van der Waals surface area contributed by atoms with Crippen molar-refractivity contribution >= 4 is 5.97 Å². The van der Waals surface area contributed by atoms with Crippen molar-refractivity contribution in [3.8, 4) is 0 Å². The predicted octanol–water partition coefficient (Wildman–Crippen LogP) is 2.39. The standard InChI is InChI=1S/C20H33N3O2/c1-15-6-7-18(16(2)14-15)19(20(24)25)23-10-8-17(9-11-23)22(5)13-12-21(3)4/h6-7,14,17,19H,8-13H2,1-5H3,(H,24,25). The summed E-state index contributed by atoms with van der Waals surface area (Å²) in [5.41, 5.74) is 3.17. The van der Waals surface area contributed by atoms with Crippen molar-refractivity contribution in [2.75, 3.05) is 47.3 Å². The lowest BCUT2D eigenvalue weighted by Gasteiger charge is -2.39. The van der Waals surface area contributed by atoms with Crippen LogP contribution in [-0.4, -0.2) is 79.1 Å². The van der Waals surface area contributed by atoms with Crippen molar-refractivity contribution in [2.24, 2.45) is 0 Å². The Labute approximate surface area is 152 Å². The number of hydrogen-bond acceptors (Lipinski definition) is 4. The van der Waals surface area contributed by atoms with Gasteiger partial charge in [0, 0.05) is 32.2 Å². The second kappa shape index (κ2) is 8.79. The molecule has 1 aliphatic heterocycles. The molecule has 1 fully saturated rings. The Morgan fingerprint density at radius 3 is 2.36 bits per heavy atom. The van der Waals surface area contributed by atoms with E-state index in [0.717, 1.165) is 50.1 Å². The second-order valence-corrected chi connectivity index (χ2v) is 7.65. The molecule has 1 atom stereocenters. The summed E-state index contributed by atoms with van der Waals surface area (Å²) >= 11 is 0. The summed E-state index contributed by atoms with van der Waals surface area (Å²) in [4.78, 5) is 18.7. The fraction of sp³-hybridized carbons (Fsp3) is 0.650. The van der Waals surface area contributed by atoms with Crippen LogP contribution < -0.4 is 0 Å². The summed E-state index contributed by atoms with van der Waals surface area (Å²) in [6.45, 7) is 7.83. The molecule has 1 heterocycles. The number of aliphatic carboxylic acids is 1. The van der Waals surface area contributed by atoms with Crippen molar-refractivity contribution < 1.29 is 9.90 Å². The number of carboxylic acid groups (broad SMARTS) is 1. The molecule has 0 spiro atoms. The number of hydrogen-bond donors (Lipinski definition) is 1. The van der Waals surface area contributed by atoms with Gasteiger partial charge in [-0.1, -0.05) is 23.8 Å². The number of rotatable bonds is 7. The van der Waals surface area contributed by atoms with Crippen LogP contribution in [0.2, 0.25) is 0 Å². The highest BCUT2D eigenvalue weighted by molar-refractivity contribution is 5.76. The number of carboxylic acids is 1. The molecule has 1 aromatic carbocycles. The van der Waals surface area contributed by atoms with E-state index in [0.29, 0.717) is 6.04 Å². The monoisotopic (exact) mass is 347 g/mol. The number of piperidine rings is 1. The third kappa shape index (κ3) is 5.27. The lowest BCUT2D eigenvalue weighted by molar-refractivity contribution is -0.144. The molecule has 2 rings (SSSR count). The van der Waals surface area contributed by atoms with E-state index >= 15 is 0 Å². The minimum absolute atomic E-state index is 0.534. The van der Waals surface area contributed by atoms with E-state index in [4.69, 9.17) is 0 Å². The minimum Gasteiger partial charge on any atom is -0.480 e. The Hall–Kier alpha value is -1.43. The van der Waals surface area contributed by atoms with Gasteiger partial charge in [-0.15, -0.1) is 0 Å². The van der Waals surface area contributed by atoms with Gasteiger partial charge in [-0.2, -0.15) is 0 Å². The van der Waals surface area contributed by atoms with Crippen LogP contribution in [0.1, 0.15) is 35.6 Å². The molecule has 0 bridgehead atoms. The van der Waals surface area contributed by atoms with E-state index in [1.54, 1.807) is 0 Å². The second-order valence-electron chi connectivity index (χ2n) is 7.65. The zero-order chi connectivity index (χ0) is 18.6. The molecule has 1 aromatic rings. The summed E-state index contributed by atoms with van der Waals surface area (Å²) in [6.07, 6.45) is 2.05. The average Bonchev–Trinajstić information content (AvgIpc) is 2.55. The molecular weight excluding hydrogens is 314 g/mol. The van der Waals surface area contributed by atoms with Gasteiger partial charge >= 0.3 is 5.97 Å². The van der Waals surface area contributed by atoms with Crippen molar-refractivity contribution in [1.29, 1.82) is 0 Å². The van der Waals surface area contributed by atoms with Gasteiger partial charge < -0.3 is 14.9 Å². The summed E-state index contributed by atoms with van der Waals surface area (Å²) in [5.74, 6) is -0.744. The largest absolute Gasteiger partial charge is 0.480 e. The number of likely N-dealkylation sites (tertiary alicyclic amines) is 1. The smallest absolute Gasteiger partial charge is 0.325 e. The van der Waals surface area contributed by atoms with Crippen LogP contribution in [0.15, 0.2) is 18.2 Å². The number of nitrogens with zero attached hydrogens (tertiary/aromatic N) is 3. The predicted molar refractivity (Wildman–Crippen MR) is 102 cm³/mol. The maximum Gasteiger partial charge on any atom is 0.325 e. The van der Waals surface area contributed by atoms with Gasteiger partial charge in [0.25, 0.3) is 0 Å². The fourth-order valence-electron chi connectivity index (χ4n) is 3.74. The van der Waals surface area contributed by atoms with Crippen molar-refractivity contribution in [2.45, 2.75) is 38.8 Å². The Bertz CT molecular complexity index is 580. The van der Waals surface area contributed by atoms with Crippen LogP contribution in [0.25, 0.3) is 0 Å². The quantitative estimate of drug-likeness (QED) is 0.821. The summed E-state index contributed by atoms with van der Waals surface area (Å²) in [6, 6.07) is 6.09. The van der Waals surface area contributed by atoms with E-state index in [1.807, 2.05) is 26.0 Å². The molecule has 140 valence electrons. The molecule has 0 aromatic heterocycles. The first-order valence-electron chi connectivity index (χ1n) is 9.18. The number of benzene rings is 1. The fourth-order valence-corrected chi connectivity index (χ4v) is 3.74. The highest BCUT2D eigenvalue weighted by Crippen LogP contribution is 2.29. The van der Waals surface area contributed by atoms with E-state index in [-0.39, 0.29) is 0 Å². The first-order chi connectivity index (χ1) is 11.8. The highest BCUT2D eigenvalue weighted by Gasteiger charge is 2.32. The molecule has 0 saturated carbocycles. The Balaban J connectivity index is 2.02. The highest BCUT2D eigenvalue weighted by atomic mass is 16.4. The van der Waals surface area contributed by atoms with Gasteiger partial charge in [-0.05, 0) is 59.0 Å². The topological polar surface area (TPSA) is 47.0 Å². The van der Waals surface area contributed by atoms with Crippen molar-refractivity contribution in [1.82, 2.24) is 14.7 Å². The normalized spacial score (nSPS) is 18.0. The van der Waals surface area contributed by atoms with Crippen LogP contribution in [0.4, 0.5) is 0 Å². The molecule has 0 amide bonds. The molecule has 1 N–H and O–H groups in total. The zero-order valence-corrected chi connectivity index (χ0v) is 16.3. The van der Waals surface area contributed by atoms with Crippen LogP contribution in [0.3, 0.4) is 0 Å². The van der Waals surface area contributed by atoms with Crippen LogP contribution in [0, 0.1) is 13.8 Å². The minimum atomic E-state index is -0.744. The molecule has 1 unspecified atom stereocenters. The maximum absolute atomic E-state index is 12.0. The maximum atomic E-state index is 12.0. The van der Waals surface area contributed by atoms with Crippen molar-refractivity contribution in [3.63, 3.8) is 0 Å². The van der Waals surface area contributed by atoms with Gasteiger partial charge in [0.05, 0.1) is 0 Å². The number of carbonyl (C=O) groups is 1. The van der Waals surface area contributed by atoms with E-state index in [2.05, 4.69) is 41.9 Å². The Kier molecular flexibility index (Phi) is 6.99. The van der Waals surface area contributed by atoms with Crippen LogP contribution in [0.5, 0.6) is 0 Å². The first kappa shape index (κ1) is 19.9. The van der Waals surface area contributed by atoms with Gasteiger partial charge in [0.1, 0.15) is 6.04 Å². The van der Waals surface area contributed by atoms with Gasteiger partial charge in [0.2, 0.25) is 0 Å². The van der Waals surface area contributed by atoms with E-state index in [1.165, 1.54) is 5.56 Å². The van der Waals surface area contributed by atoms with E-state index in [9.17, 15) is 9.90 Å². The number of likely N-dealkylation sites (N-methyl/N-ethyl adjacent to an activating group) is 2. The van der Waals surface area contributed by atoms with Gasteiger partial charge in [-0.25, -0.2) is 0 Å². The molecule has 1 saturated heterocycles. The van der Waals surface area contributed by atoms with Crippen LogP contribution >= 0.6 is 0 Å². The van der Waals surface area contributed by atoms with Crippen molar-refractivity contribution in [3.05, 3.63) is 34.9 Å². The summed E-state index contributed by atoms with van der Waals surface area (Å²) in [7, 11) is 6.37. The summed E-state index contributed by atoms with van der Waals surface area (Å²) in [5, 5.41) is 9.84. The van der Waals surface area contributed by atoms with E-state index < -0.39 is 12.0 Å². The van der Waals surface area contributed by atoms with Gasteiger partial charge in [0.15, 0.2) is 0 Å². The summed E-state index contributed by atoms with van der Waals surface area (Å²) < 4.78 is 0. The molecule has 25 heavy (non-hydrogen) atoms. The molecular formula is C20H33N3O2.